The number of hydrogen-bond acceptors (Lipinski definition) is 5. The highest BCUT2D eigenvalue weighted by molar-refractivity contribution is 7.95. The van der Waals surface area contributed by atoms with Crippen molar-refractivity contribution in [1.29, 1.82) is 0 Å². The summed E-state index contributed by atoms with van der Waals surface area (Å²) in [6, 6.07) is 0. The van der Waals surface area contributed by atoms with Crippen LogP contribution in [-0.2, 0) is 14.8 Å². The van der Waals surface area contributed by atoms with E-state index >= 15 is 0 Å². The maximum atomic E-state index is 12.2. The van der Waals surface area contributed by atoms with Crippen LogP contribution in [0.15, 0.2) is 16.8 Å². The number of esters is 1. The van der Waals surface area contributed by atoms with Gasteiger partial charge in [0.1, 0.15) is 11.8 Å². The number of fused-ring (bicyclic) bond motifs is 1. The zero-order chi connectivity index (χ0) is 16.9. The predicted molar refractivity (Wildman–Crippen MR) is 82.2 cm³/mol. The number of rotatable bonds is 3. The maximum Gasteiger partial charge on any atom is 0.341 e. The molecule has 0 saturated heterocycles. The monoisotopic (exact) mass is 326 g/mol. The van der Waals surface area contributed by atoms with Crippen LogP contribution in [0.3, 0.4) is 0 Å². The van der Waals surface area contributed by atoms with E-state index in [1.807, 2.05) is 20.8 Å². The Morgan fingerprint density at radius 1 is 1.32 bits per heavy atom. The second-order valence-electron chi connectivity index (χ2n) is 6.21. The topological polar surface area (TPSA) is 105 Å². The van der Waals surface area contributed by atoms with Crippen LogP contribution in [0.4, 0.5) is 5.69 Å². The van der Waals surface area contributed by atoms with Crippen molar-refractivity contribution in [3.8, 4) is 0 Å². The lowest BCUT2D eigenvalue weighted by Gasteiger charge is -2.26. The Bertz CT molecular complexity index is 815. The molecule has 0 aromatic carbocycles. The molecule has 1 aromatic heterocycles. The molecular weight excluding hydrogens is 308 g/mol. The summed E-state index contributed by atoms with van der Waals surface area (Å²) in [7, 11) is -3.92. The van der Waals surface area contributed by atoms with Gasteiger partial charge < -0.3 is 9.72 Å². The SMILES string of the molecule is C=CS(=O)(=O)Nc1c2c(c(C)[nH]c1=O)C(C(C)(C)C)OC2=O. The lowest BCUT2D eigenvalue weighted by Crippen LogP contribution is -2.24. The van der Waals surface area contributed by atoms with E-state index in [2.05, 4.69) is 16.3 Å². The number of carbonyl (C=O) groups excluding carboxylic acids is 1. The zero-order valence-corrected chi connectivity index (χ0v) is 13.6. The molecule has 2 N–H and O–H groups in total. The first-order valence-corrected chi connectivity index (χ1v) is 8.15. The molecule has 0 radical (unpaired) electrons. The first-order chi connectivity index (χ1) is 9.98. The molecule has 2 rings (SSSR count). The third-order valence-corrected chi connectivity index (χ3v) is 4.32. The first kappa shape index (κ1) is 16.3. The molecule has 8 heteroatoms. The van der Waals surface area contributed by atoms with E-state index in [1.54, 1.807) is 6.92 Å². The van der Waals surface area contributed by atoms with Gasteiger partial charge in [0.05, 0.1) is 5.56 Å². The molecule has 1 aliphatic rings. The van der Waals surface area contributed by atoms with Crippen molar-refractivity contribution in [1.82, 2.24) is 4.98 Å². The van der Waals surface area contributed by atoms with Gasteiger partial charge in [-0.3, -0.25) is 9.52 Å². The van der Waals surface area contributed by atoms with Gasteiger partial charge in [-0.15, -0.1) is 0 Å². The number of cyclic esters (lactones) is 1. The maximum absolute atomic E-state index is 12.2. The van der Waals surface area contributed by atoms with Gasteiger partial charge in [0.2, 0.25) is 0 Å². The summed E-state index contributed by atoms with van der Waals surface area (Å²) in [5.41, 5.74) is -0.499. The van der Waals surface area contributed by atoms with Crippen molar-refractivity contribution in [3.05, 3.63) is 39.2 Å². The average Bonchev–Trinajstić information content (AvgIpc) is 2.73. The number of carbonyl (C=O) groups is 1. The van der Waals surface area contributed by atoms with E-state index in [-0.39, 0.29) is 11.3 Å². The molecule has 0 bridgehead atoms. The Labute approximate surface area is 128 Å². The minimum atomic E-state index is -3.92. The normalized spacial score (nSPS) is 17.8. The number of hydrogen-bond donors (Lipinski definition) is 2. The molecule has 2 heterocycles. The summed E-state index contributed by atoms with van der Waals surface area (Å²) in [4.78, 5) is 26.8. The quantitative estimate of drug-likeness (QED) is 0.824. The molecule has 1 aromatic rings. The minimum absolute atomic E-state index is 0.0356. The highest BCUT2D eigenvalue weighted by Crippen LogP contribution is 2.45. The van der Waals surface area contributed by atoms with Gasteiger partial charge in [-0.05, 0) is 6.92 Å². The Hall–Kier alpha value is -2.09. The molecule has 0 aliphatic carbocycles. The number of pyridine rings is 1. The summed E-state index contributed by atoms with van der Waals surface area (Å²) in [5.74, 6) is -0.717. The van der Waals surface area contributed by atoms with Crippen LogP contribution in [0.2, 0.25) is 0 Å². The lowest BCUT2D eigenvalue weighted by atomic mass is 9.83. The van der Waals surface area contributed by atoms with Crippen molar-refractivity contribution in [2.24, 2.45) is 5.41 Å². The summed E-state index contributed by atoms with van der Waals surface area (Å²) in [6.45, 7) is 10.5. The van der Waals surface area contributed by atoms with Crippen molar-refractivity contribution in [2.75, 3.05) is 4.72 Å². The second-order valence-corrected chi connectivity index (χ2v) is 7.84. The number of sulfonamides is 1. The number of aryl methyl sites for hydroxylation is 1. The third kappa shape index (κ3) is 2.66. The fraction of sp³-hybridized carbons (Fsp3) is 0.429. The van der Waals surface area contributed by atoms with Crippen molar-refractivity contribution >= 4 is 21.7 Å². The summed E-state index contributed by atoms with van der Waals surface area (Å²) < 4.78 is 30.8. The lowest BCUT2D eigenvalue weighted by molar-refractivity contribution is 0.00759. The fourth-order valence-corrected chi connectivity index (χ4v) is 2.95. The average molecular weight is 326 g/mol. The Morgan fingerprint density at radius 2 is 1.91 bits per heavy atom. The molecule has 1 unspecified atom stereocenters. The molecule has 0 fully saturated rings. The van der Waals surface area contributed by atoms with Crippen LogP contribution >= 0.6 is 0 Å². The highest BCUT2D eigenvalue weighted by Gasteiger charge is 2.43. The van der Waals surface area contributed by atoms with Gasteiger partial charge in [-0.2, -0.15) is 0 Å². The molecule has 22 heavy (non-hydrogen) atoms. The minimum Gasteiger partial charge on any atom is -0.453 e. The number of aromatic amines is 1. The molecular formula is C14H18N2O5S. The summed E-state index contributed by atoms with van der Waals surface area (Å²) in [6.07, 6.45) is -0.571. The standard InChI is InChI=1S/C14H18N2O5S/c1-6-22(19,20)16-10-9-8(7(2)15-12(10)17)11(14(3,4)5)21-13(9)18/h6,11,16H,1H2,2-5H3,(H,15,17). The molecule has 0 saturated carbocycles. The van der Waals surface area contributed by atoms with Gasteiger partial charge in [0.15, 0.2) is 0 Å². The van der Waals surface area contributed by atoms with Crippen LogP contribution < -0.4 is 10.3 Å². The van der Waals surface area contributed by atoms with E-state index < -0.39 is 33.1 Å². The fourth-order valence-electron chi connectivity index (χ4n) is 2.39. The largest absolute Gasteiger partial charge is 0.453 e. The van der Waals surface area contributed by atoms with E-state index in [4.69, 9.17) is 4.74 Å². The Kier molecular flexibility index (Phi) is 3.68. The molecule has 1 atom stereocenters. The summed E-state index contributed by atoms with van der Waals surface area (Å²) >= 11 is 0. The van der Waals surface area contributed by atoms with Crippen molar-refractivity contribution < 1.29 is 17.9 Å². The van der Waals surface area contributed by atoms with E-state index in [0.29, 0.717) is 16.7 Å². The number of aromatic nitrogens is 1. The number of anilines is 1. The number of nitrogens with one attached hydrogen (secondary N) is 2. The highest BCUT2D eigenvalue weighted by atomic mass is 32.2. The van der Waals surface area contributed by atoms with Crippen LogP contribution in [0, 0.1) is 12.3 Å². The van der Waals surface area contributed by atoms with Gasteiger partial charge in [0.25, 0.3) is 15.6 Å². The second kappa shape index (κ2) is 4.98. The van der Waals surface area contributed by atoms with Gasteiger partial charge >= 0.3 is 5.97 Å². The van der Waals surface area contributed by atoms with E-state index in [9.17, 15) is 18.0 Å². The predicted octanol–water partition coefficient (Wildman–Crippen LogP) is 1.83. The van der Waals surface area contributed by atoms with Crippen LogP contribution in [0.1, 0.15) is 48.5 Å². The van der Waals surface area contributed by atoms with Crippen molar-refractivity contribution in [3.63, 3.8) is 0 Å². The molecule has 120 valence electrons. The van der Waals surface area contributed by atoms with Crippen LogP contribution in [0.25, 0.3) is 0 Å². The van der Waals surface area contributed by atoms with Crippen molar-refractivity contribution in [2.45, 2.75) is 33.8 Å². The zero-order valence-electron chi connectivity index (χ0n) is 12.8. The van der Waals surface area contributed by atoms with E-state index in [1.165, 1.54) is 0 Å². The van der Waals surface area contributed by atoms with Gasteiger partial charge in [0, 0.05) is 22.1 Å². The van der Waals surface area contributed by atoms with E-state index in [0.717, 1.165) is 0 Å². The number of H-pyrrole nitrogens is 1. The molecule has 0 amide bonds. The molecule has 7 nitrogen and oxygen atoms in total. The molecule has 1 aliphatic heterocycles. The summed E-state index contributed by atoms with van der Waals surface area (Å²) in [5, 5.41) is 0.667. The Morgan fingerprint density at radius 3 is 2.41 bits per heavy atom. The van der Waals surface area contributed by atoms with Gasteiger partial charge in [-0.1, -0.05) is 27.4 Å². The number of ether oxygens (including phenoxy) is 1. The molecule has 0 spiro atoms. The van der Waals surface area contributed by atoms with Gasteiger partial charge in [-0.25, -0.2) is 13.2 Å². The smallest absolute Gasteiger partial charge is 0.341 e. The van der Waals surface area contributed by atoms with Crippen LogP contribution in [0.5, 0.6) is 0 Å². The third-order valence-electron chi connectivity index (χ3n) is 3.39. The van der Waals surface area contributed by atoms with Crippen LogP contribution in [-0.4, -0.2) is 19.4 Å². The Balaban J connectivity index is 2.76. The first-order valence-electron chi connectivity index (χ1n) is 6.61.